The predicted molar refractivity (Wildman–Crippen MR) is 53.3 cm³/mol. The molecule has 0 fully saturated rings. The zero-order valence-corrected chi connectivity index (χ0v) is 8.54. The SMILES string of the molecule is NC(=O)c1ccc(C(=O)NCC(F)(F)F)cc1. The van der Waals surface area contributed by atoms with Crippen LogP contribution in [-0.4, -0.2) is 24.5 Å². The summed E-state index contributed by atoms with van der Waals surface area (Å²) in [6.07, 6.45) is -4.46. The molecule has 0 saturated heterocycles. The van der Waals surface area contributed by atoms with Crippen molar-refractivity contribution in [1.82, 2.24) is 5.32 Å². The third-order valence-electron chi connectivity index (χ3n) is 1.88. The van der Waals surface area contributed by atoms with Crippen molar-refractivity contribution in [3.05, 3.63) is 35.4 Å². The first kappa shape index (κ1) is 13.0. The first-order valence-electron chi connectivity index (χ1n) is 4.54. The molecular formula is C10H9F3N2O2. The van der Waals surface area contributed by atoms with E-state index in [9.17, 15) is 22.8 Å². The van der Waals surface area contributed by atoms with Crippen LogP contribution in [0.1, 0.15) is 20.7 Å². The van der Waals surface area contributed by atoms with Crippen LogP contribution in [0.15, 0.2) is 24.3 Å². The van der Waals surface area contributed by atoms with E-state index in [1.54, 1.807) is 5.32 Å². The molecule has 1 aromatic rings. The Kier molecular flexibility index (Phi) is 3.72. The highest BCUT2D eigenvalue weighted by molar-refractivity contribution is 5.97. The van der Waals surface area contributed by atoms with Gasteiger partial charge in [-0.05, 0) is 24.3 Å². The van der Waals surface area contributed by atoms with E-state index in [4.69, 9.17) is 5.73 Å². The van der Waals surface area contributed by atoms with E-state index in [1.807, 2.05) is 0 Å². The maximum Gasteiger partial charge on any atom is 0.405 e. The van der Waals surface area contributed by atoms with Crippen LogP contribution in [-0.2, 0) is 0 Å². The largest absolute Gasteiger partial charge is 0.405 e. The molecule has 0 aliphatic carbocycles. The maximum atomic E-state index is 11.8. The second kappa shape index (κ2) is 4.86. The summed E-state index contributed by atoms with van der Waals surface area (Å²) in [4.78, 5) is 22.0. The highest BCUT2D eigenvalue weighted by Crippen LogP contribution is 2.12. The minimum absolute atomic E-state index is 0.0271. The van der Waals surface area contributed by atoms with Crippen molar-refractivity contribution in [2.45, 2.75) is 6.18 Å². The van der Waals surface area contributed by atoms with Crippen LogP contribution in [0.3, 0.4) is 0 Å². The van der Waals surface area contributed by atoms with Gasteiger partial charge in [0.25, 0.3) is 5.91 Å². The van der Waals surface area contributed by atoms with Crippen LogP contribution in [0.25, 0.3) is 0 Å². The number of halogens is 3. The molecular weight excluding hydrogens is 237 g/mol. The normalized spacial score (nSPS) is 11.0. The quantitative estimate of drug-likeness (QED) is 0.837. The Morgan fingerprint density at radius 2 is 1.59 bits per heavy atom. The van der Waals surface area contributed by atoms with Crippen molar-refractivity contribution in [2.24, 2.45) is 5.73 Å². The molecule has 17 heavy (non-hydrogen) atoms. The Hall–Kier alpha value is -2.05. The van der Waals surface area contributed by atoms with E-state index in [0.717, 1.165) is 0 Å². The number of nitrogens with two attached hydrogens (primary N) is 1. The van der Waals surface area contributed by atoms with Gasteiger partial charge in [-0.1, -0.05) is 0 Å². The van der Waals surface area contributed by atoms with Gasteiger partial charge in [0.15, 0.2) is 0 Å². The molecule has 0 atom stereocenters. The fourth-order valence-corrected chi connectivity index (χ4v) is 1.07. The van der Waals surface area contributed by atoms with Gasteiger partial charge in [0, 0.05) is 11.1 Å². The molecule has 0 heterocycles. The molecule has 92 valence electrons. The number of hydrogen-bond acceptors (Lipinski definition) is 2. The Balaban J connectivity index is 2.67. The highest BCUT2D eigenvalue weighted by atomic mass is 19.4. The van der Waals surface area contributed by atoms with Crippen molar-refractivity contribution < 1.29 is 22.8 Å². The second-order valence-corrected chi connectivity index (χ2v) is 3.24. The number of amides is 2. The second-order valence-electron chi connectivity index (χ2n) is 3.24. The van der Waals surface area contributed by atoms with Crippen molar-refractivity contribution in [3.8, 4) is 0 Å². The maximum absolute atomic E-state index is 11.8. The average Bonchev–Trinajstić information content (AvgIpc) is 2.25. The lowest BCUT2D eigenvalue weighted by molar-refractivity contribution is -0.123. The van der Waals surface area contributed by atoms with Crippen LogP contribution in [0.4, 0.5) is 13.2 Å². The van der Waals surface area contributed by atoms with E-state index in [0.29, 0.717) is 0 Å². The molecule has 0 unspecified atom stereocenters. The molecule has 1 aromatic carbocycles. The predicted octanol–water partition coefficient (Wildman–Crippen LogP) is 1.08. The molecule has 7 heteroatoms. The lowest BCUT2D eigenvalue weighted by atomic mass is 10.1. The molecule has 0 aliphatic rings. The highest BCUT2D eigenvalue weighted by Gasteiger charge is 2.27. The molecule has 0 aliphatic heterocycles. The van der Waals surface area contributed by atoms with Gasteiger partial charge >= 0.3 is 6.18 Å². The Morgan fingerprint density at radius 3 is 2.00 bits per heavy atom. The lowest BCUT2D eigenvalue weighted by Crippen LogP contribution is -2.33. The third kappa shape index (κ3) is 4.13. The number of carbonyl (C=O) groups excluding carboxylic acids is 2. The standard InChI is InChI=1S/C10H9F3N2O2/c11-10(12,13)5-15-9(17)7-3-1-6(2-4-7)8(14)16/h1-4H,5H2,(H2,14,16)(H,15,17). The number of benzene rings is 1. The summed E-state index contributed by atoms with van der Waals surface area (Å²) in [6.45, 7) is -1.40. The number of carbonyl (C=O) groups is 2. The summed E-state index contributed by atoms with van der Waals surface area (Å²) < 4.78 is 35.5. The number of primary amides is 1. The Morgan fingerprint density at radius 1 is 1.12 bits per heavy atom. The van der Waals surface area contributed by atoms with Crippen molar-refractivity contribution in [2.75, 3.05) is 6.54 Å². The molecule has 0 radical (unpaired) electrons. The van der Waals surface area contributed by atoms with Crippen molar-refractivity contribution in [3.63, 3.8) is 0 Å². The van der Waals surface area contributed by atoms with Gasteiger partial charge in [-0.3, -0.25) is 9.59 Å². The van der Waals surface area contributed by atoms with Crippen LogP contribution < -0.4 is 11.1 Å². The Labute approximate surface area is 94.6 Å². The summed E-state index contributed by atoms with van der Waals surface area (Å²) in [6, 6.07) is 4.99. The summed E-state index contributed by atoms with van der Waals surface area (Å²) in [5.41, 5.74) is 5.17. The van der Waals surface area contributed by atoms with Crippen LogP contribution >= 0.6 is 0 Å². The number of hydrogen-bond donors (Lipinski definition) is 2. The molecule has 3 N–H and O–H groups in total. The van der Waals surface area contributed by atoms with Crippen molar-refractivity contribution in [1.29, 1.82) is 0 Å². The van der Waals surface area contributed by atoms with Gasteiger partial charge < -0.3 is 11.1 Å². The van der Waals surface area contributed by atoms with Gasteiger partial charge in [-0.15, -0.1) is 0 Å². The van der Waals surface area contributed by atoms with E-state index in [2.05, 4.69) is 0 Å². The third-order valence-corrected chi connectivity index (χ3v) is 1.88. The van der Waals surface area contributed by atoms with Crippen molar-refractivity contribution >= 4 is 11.8 Å². The van der Waals surface area contributed by atoms with Gasteiger partial charge in [0.2, 0.25) is 5.91 Å². The molecule has 4 nitrogen and oxygen atoms in total. The van der Waals surface area contributed by atoms with Crippen LogP contribution in [0.2, 0.25) is 0 Å². The molecule has 0 saturated carbocycles. The van der Waals surface area contributed by atoms with Crippen LogP contribution in [0.5, 0.6) is 0 Å². The van der Waals surface area contributed by atoms with Crippen LogP contribution in [0, 0.1) is 0 Å². The Bertz CT molecular complexity index is 426. The summed E-state index contributed by atoms with van der Waals surface area (Å²) in [7, 11) is 0. The fourth-order valence-electron chi connectivity index (χ4n) is 1.07. The lowest BCUT2D eigenvalue weighted by Gasteiger charge is -2.08. The van der Waals surface area contributed by atoms with Gasteiger partial charge in [-0.25, -0.2) is 0 Å². The first-order valence-corrected chi connectivity index (χ1v) is 4.54. The zero-order valence-electron chi connectivity index (χ0n) is 8.54. The van der Waals surface area contributed by atoms with E-state index in [1.165, 1.54) is 24.3 Å². The first-order chi connectivity index (χ1) is 7.79. The molecule has 0 bridgehead atoms. The number of alkyl halides is 3. The fraction of sp³-hybridized carbons (Fsp3) is 0.200. The van der Waals surface area contributed by atoms with E-state index < -0.39 is 24.5 Å². The topological polar surface area (TPSA) is 72.2 Å². The minimum Gasteiger partial charge on any atom is -0.366 e. The molecule has 1 rings (SSSR count). The molecule has 0 spiro atoms. The minimum atomic E-state index is -4.46. The van der Waals surface area contributed by atoms with Gasteiger partial charge in [0.05, 0.1) is 0 Å². The summed E-state index contributed by atoms with van der Waals surface area (Å²) in [5, 5.41) is 1.71. The number of rotatable bonds is 3. The van der Waals surface area contributed by atoms with Gasteiger partial charge in [0.1, 0.15) is 6.54 Å². The molecule has 2 amide bonds. The smallest absolute Gasteiger partial charge is 0.366 e. The van der Waals surface area contributed by atoms with E-state index >= 15 is 0 Å². The average molecular weight is 246 g/mol. The summed E-state index contributed by atoms with van der Waals surface area (Å²) in [5.74, 6) is -1.54. The van der Waals surface area contributed by atoms with E-state index in [-0.39, 0.29) is 11.1 Å². The number of nitrogens with one attached hydrogen (secondary N) is 1. The molecule has 0 aromatic heterocycles. The monoisotopic (exact) mass is 246 g/mol. The summed E-state index contributed by atoms with van der Waals surface area (Å²) >= 11 is 0. The van der Waals surface area contributed by atoms with Gasteiger partial charge in [-0.2, -0.15) is 13.2 Å². The zero-order chi connectivity index (χ0) is 13.1.